The largest absolute Gasteiger partial charge is 0.389 e. The van der Waals surface area contributed by atoms with Gasteiger partial charge in [0.05, 0.1) is 6.04 Å². The quantitative estimate of drug-likeness (QED) is 0.425. The molecular formula is C23H27N3O. The Bertz CT molecular complexity index is 831. The summed E-state index contributed by atoms with van der Waals surface area (Å²) in [4.78, 5) is 12.3. The number of amides is 1. The molecule has 140 valence electrons. The van der Waals surface area contributed by atoms with Crippen LogP contribution in [0.4, 0.5) is 0 Å². The van der Waals surface area contributed by atoms with Crippen molar-refractivity contribution in [3.8, 4) is 6.07 Å². The van der Waals surface area contributed by atoms with E-state index < -0.39 is 0 Å². The topological polar surface area (TPSA) is 64.9 Å². The molecule has 0 saturated carbocycles. The van der Waals surface area contributed by atoms with E-state index in [2.05, 4.69) is 54.8 Å². The predicted octanol–water partition coefficient (Wildman–Crippen LogP) is 3.97. The third kappa shape index (κ3) is 6.31. The van der Waals surface area contributed by atoms with Gasteiger partial charge < -0.3 is 10.6 Å². The van der Waals surface area contributed by atoms with Crippen molar-refractivity contribution < 1.29 is 4.79 Å². The number of carbonyl (C=O) groups excluding carboxylic acids is 1. The van der Waals surface area contributed by atoms with Gasteiger partial charge in [-0.05, 0) is 43.4 Å². The van der Waals surface area contributed by atoms with Crippen molar-refractivity contribution >= 4 is 5.91 Å². The molecule has 0 aliphatic rings. The van der Waals surface area contributed by atoms with Gasteiger partial charge >= 0.3 is 0 Å². The molecule has 0 spiro atoms. The fourth-order valence-electron chi connectivity index (χ4n) is 2.81. The molecule has 0 aromatic heterocycles. The lowest BCUT2D eigenvalue weighted by Gasteiger charge is -2.14. The van der Waals surface area contributed by atoms with Gasteiger partial charge in [0.25, 0.3) is 5.91 Å². The first-order chi connectivity index (χ1) is 13.0. The first-order valence-electron chi connectivity index (χ1n) is 9.32. The Labute approximate surface area is 161 Å². The van der Waals surface area contributed by atoms with E-state index in [4.69, 9.17) is 0 Å². The van der Waals surface area contributed by atoms with Crippen LogP contribution in [0.1, 0.15) is 42.1 Å². The zero-order valence-corrected chi connectivity index (χ0v) is 16.3. The van der Waals surface area contributed by atoms with Crippen LogP contribution in [-0.4, -0.2) is 12.5 Å². The average molecular weight is 361 g/mol. The molecule has 1 unspecified atom stereocenters. The number of aryl methyl sites for hydroxylation is 2. The number of hydrogen-bond donors (Lipinski definition) is 2. The van der Waals surface area contributed by atoms with Gasteiger partial charge in [-0.2, -0.15) is 5.26 Å². The summed E-state index contributed by atoms with van der Waals surface area (Å²) in [6, 6.07) is 18.3. The first-order valence-corrected chi connectivity index (χ1v) is 9.32. The van der Waals surface area contributed by atoms with E-state index in [0.29, 0.717) is 6.54 Å². The van der Waals surface area contributed by atoms with E-state index in [0.717, 1.165) is 18.4 Å². The minimum absolute atomic E-state index is 0.0799. The molecule has 0 bridgehead atoms. The molecule has 0 heterocycles. The number of rotatable bonds is 8. The summed E-state index contributed by atoms with van der Waals surface area (Å²) in [6.45, 7) is 6.75. The van der Waals surface area contributed by atoms with Crippen LogP contribution in [0.3, 0.4) is 0 Å². The molecule has 27 heavy (non-hydrogen) atoms. The molecule has 1 atom stereocenters. The normalized spacial score (nSPS) is 12.1. The highest BCUT2D eigenvalue weighted by molar-refractivity contribution is 5.97. The van der Waals surface area contributed by atoms with E-state index in [1.165, 1.54) is 22.9 Å². The minimum Gasteiger partial charge on any atom is -0.389 e. The molecule has 4 nitrogen and oxygen atoms in total. The third-order valence-electron chi connectivity index (χ3n) is 4.49. The second-order valence-corrected chi connectivity index (χ2v) is 6.65. The Morgan fingerprint density at radius 2 is 1.93 bits per heavy atom. The Morgan fingerprint density at radius 1 is 1.19 bits per heavy atom. The molecule has 0 aliphatic carbocycles. The maximum absolute atomic E-state index is 12.3. The Kier molecular flexibility index (Phi) is 7.63. The zero-order chi connectivity index (χ0) is 19.6. The third-order valence-corrected chi connectivity index (χ3v) is 4.49. The van der Waals surface area contributed by atoms with Crippen LogP contribution in [0.25, 0.3) is 0 Å². The minimum atomic E-state index is -0.368. The second kappa shape index (κ2) is 10.2. The Balaban J connectivity index is 1.88. The van der Waals surface area contributed by atoms with Gasteiger partial charge in [0, 0.05) is 12.7 Å². The van der Waals surface area contributed by atoms with Crippen molar-refractivity contribution in [2.75, 3.05) is 6.54 Å². The number of hydrogen-bond acceptors (Lipinski definition) is 3. The van der Waals surface area contributed by atoms with E-state index in [9.17, 15) is 10.1 Å². The van der Waals surface area contributed by atoms with Crippen molar-refractivity contribution in [3.63, 3.8) is 0 Å². The monoisotopic (exact) mass is 361 g/mol. The van der Waals surface area contributed by atoms with Crippen molar-refractivity contribution in [2.24, 2.45) is 0 Å². The molecule has 0 radical (unpaired) electrons. The maximum atomic E-state index is 12.3. The Morgan fingerprint density at radius 3 is 2.56 bits per heavy atom. The van der Waals surface area contributed by atoms with E-state index in [1.54, 1.807) is 0 Å². The van der Waals surface area contributed by atoms with Crippen LogP contribution in [-0.2, 0) is 17.6 Å². The van der Waals surface area contributed by atoms with Crippen LogP contribution in [0, 0.1) is 18.3 Å². The van der Waals surface area contributed by atoms with E-state index >= 15 is 0 Å². The fourth-order valence-corrected chi connectivity index (χ4v) is 2.81. The molecule has 0 saturated heterocycles. The molecule has 2 N–H and O–H groups in total. The molecule has 2 aromatic rings. The average Bonchev–Trinajstić information content (AvgIpc) is 2.68. The Hall–Kier alpha value is -3.06. The highest BCUT2D eigenvalue weighted by Crippen LogP contribution is 2.14. The van der Waals surface area contributed by atoms with Gasteiger partial charge in [0.15, 0.2) is 0 Å². The van der Waals surface area contributed by atoms with Gasteiger partial charge in [-0.3, -0.25) is 4.79 Å². The van der Waals surface area contributed by atoms with Crippen molar-refractivity contribution in [3.05, 3.63) is 82.6 Å². The van der Waals surface area contributed by atoms with Gasteiger partial charge in [-0.15, -0.1) is 0 Å². The molecule has 0 aliphatic heterocycles. The summed E-state index contributed by atoms with van der Waals surface area (Å²) in [5.41, 5.74) is 4.80. The molecule has 2 aromatic carbocycles. The number of nitrogens with one attached hydrogen (secondary N) is 2. The lowest BCUT2D eigenvalue weighted by atomic mass is 10.0. The van der Waals surface area contributed by atoms with Crippen molar-refractivity contribution in [2.45, 2.75) is 39.7 Å². The predicted molar refractivity (Wildman–Crippen MR) is 109 cm³/mol. The second-order valence-electron chi connectivity index (χ2n) is 6.65. The summed E-state index contributed by atoms with van der Waals surface area (Å²) < 4.78 is 0. The zero-order valence-electron chi connectivity index (χ0n) is 16.3. The van der Waals surface area contributed by atoms with Crippen LogP contribution < -0.4 is 10.6 Å². The van der Waals surface area contributed by atoms with Gasteiger partial charge in [0.1, 0.15) is 11.6 Å². The summed E-state index contributed by atoms with van der Waals surface area (Å²) in [5, 5.41) is 15.2. The molecule has 2 rings (SSSR count). The number of nitriles is 1. The summed E-state index contributed by atoms with van der Waals surface area (Å²) in [5.74, 6) is -0.368. The van der Waals surface area contributed by atoms with Crippen LogP contribution in [0.5, 0.6) is 0 Å². The number of carbonyl (C=O) groups is 1. The highest BCUT2D eigenvalue weighted by Gasteiger charge is 2.13. The fraction of sp³-hybridized carbons (Fsp3) is 0.304. The van der Waals surface area contributed by atoms with Crippen LogP contribution in [0.2, 0.25) is 0 Å². The van der Waals surface area contributed by atoms with Gasteiger partial charge in [-0.25, -0.2) is 0 Å². The molecule has 4 heteroatoms. The van der Waals surface area contributed by atoms with Gasteiger partial charge in [-0.1, -0.05) is 61.0 Å². The van der Waals surface area contributed by atoms with E-state index in [-0.39, 0.29) is 17.5 Å². The lowest BCUT2D eigenvalue weighted by molar-refractivity contribution is -0.117. The standard InChI is InChI=1S/C23H27N3O/c1-4-19-8-10-21(11-9-19)18(3)26-23(27)22(15-24)16-25-13-12-20-7-5-6-17(2)14-20/h5-11,14,16,18,25H,4,12-13H2,1-3H3,(H,26,27)/b22-16-. The first kappa shape index (κ1) is 20.3. The van der Waals surface area contributed by atoms with Gasteiger partial charge in [0.2, 0.25) is 0 Å². The highest BCUT2D eigenvalue weighted by atomic mass is 16.1. The smallest absolute Gasteiger partial charge is 0.263 e. The van der Waals surface area contributed by atoms with Crippen LogP contribution >= 0.6 is 0 Å². The van der Waals surface area contributed by atoms with Crippen LogP contribution in [0.15, 0.2) is 60.3 Å². The SMILES string of the molecule is CCc1ccc(C(C)NC(=O)/C(C#N)=C\NCCc2cccc(C)c2)cc1. The molecule has 1 amide bonds. The lowest BCUT2D eigenvalue weighted by Crippen LogP contribution is -2.28. The number of nitrogens with zero attached hydrogens (tertiary/aromatic N) is 1. The molecular weight excluding hydrogens is 334 g/mol. The summed E-state index contributed by atoms with van der Waals surface area (Å²) >= 11 is 0. The van der Waals surface area contributed by atoms with E-state index in [1.807, 2.05) is 31.2 Å². The summed E-state index contributed by atoms with van der Waals surface area (Å²) in [6.07, 6.45) is 3.31. The van der Waals surface area contributed by atoms with Crippen molar-refractivity contribution in [1.82, 2.24) is 10.6 Å². The number of benzene rings is 2. The maximum Gasteiger partial charge on any atom is 0.263 e. The molecule has 0 fully saturated rings. The summed E-state index contributed by atoms with van der Waals surface area (Å²) in [7, 11) is 0. The van der Waals surface area contributed by atoms with Crippen molar-refractivity contribution in [1.29, 1.82) is 5.26 Å².